The van der Waals surface area contributed by atoms with Gasteiger partial charge in [0.2, 0.25) is 0 Å². The Kier molecular flexibility index (Phi) is 6.76. The minimum absolute atomic E-state index is 0.222. The molecular formula is C17H24N2O5. The molecule has 0 radical (unpaired) electrons. The van der Waals surface area contributed by atoms with E-state index in [0.29, 0.717) is 12.2 Å². The lowest BCUT2D eigenvalue weighted by Crippen LogP contribution is -2.35. The molecule has 24 heavy (non-hydrogen) atoms. The van der Waals surface area contributed by atoms with Crippen LogP contribution in [-0.4, -0.2) is 36.2 Å². The van der Waals surface area contributed by atoms with E-state index in [4.69, 9.17) is 9.47 Å². The maximum Gasteiger partial charge on any atom is 0.412 e. The van der Waals surface area contributed by atoms with Gasteiger partial charge in [0.15, 0.2) is 6.10 Å². The molecule has 0 fully saturated rings. The number of nitrogens with one attached hydrogen (secondary N) is 2. The van der Waals surface area contributed by atoms with E-state index in [2.05, 4.69) is 10.6 Å². The third-order valence-corrected chi connectivity index (χ3v) is 2.75. The van der Waals surface area contributed by atoms with E-state index < -0.39 is 23.8 Å². The molecule has 1 aromatic carbocycles. The molecule has 1 rings (SSSR count). The number of rotatable bonds is 5. The molecule has 0 saturated heterocycles. The van der Waals surface area contributed by atoms with E-state index in [9.17, 15) is 14.4 Å². The van der Waals surface area contributed by atoms with Crippen LogP contribution in [0.2, 0.25) is 0 Å². The second kappa shape index (κ2) is 8.33. The monoisotopic (exact) mass is 336 g/mol. The lowest BCUT2D eigenvalue weighted by atomic mass is 10.2. The van der Waals surface area contributed by atoms with Crippen LogP contribution in [0.5, 0.6) is 0 Å². The van der Waals surface area contributed by atoms with Gasteiger partial charge in [-0.15, -0.1) is 0 Å². The van der Waals surface area contributed by atoms with Gasteiger partial charge in [-0.05, 0) is 52.8 Å². The van der Waals surface area contributed by atoms with Crippen LogP contribution in [0.3, 0.4) is 0 Å². The summed E-state index contributed by atoms with van der Waals surface area (Å²) in [5, 5.41) is 5.11. The summed E-state index contributed by atoms with van der Waals surface area (Å²) in [5.74, 6) is -1.02. The maximum atomic E-state index is 12.1. The van der Waals surface area contributed by atoms with Crippen molar-refractivity contribution >= 4 is 23.7 Å². The molecule has 0 saturated carbocycles. The van der Waals surface area contributed by atoms with Crippen LogP contribution in [0.25, 0.3) is 0 Å². The molecule has 1 atom stereocenters. The molecule has 0 bridgehead atoms. The standard InChI is InChI=1S/C17H24N2O5/c1-6-18-14(20)11(2)23-15(21)12-8-7-9-13(10-12)19-16(22)24-17(3,4)5/h7-11H,6H2,1-5H3,(H,18,20)(H,19,22). The van der Waals surface area contributed by atoms with Gasteiger partial charge >= 0.3 is 12.1 Å². The van der Waals surface area contributed by atoms with Crippen molar-refractivity contribution in [2.24, 2.45) is 0 Å². The molecule has 0 aliphatic rings. The average Bonchev–Trinajstić information content (AvgIpc) is 2.45. The molecule has 0 aliphatic heterocycles. The van der Waals surface area contributed by atoms with Gasteiger partial charge in [0.1, 0.15) is 5.60 Å². The summed E-state index contributed by atoms with van der Waals surface area (Å²) >= 11 is 0. The largest absolute Gasteiger partial charge is 0.449 e. The van der Waals surface area contributed by atoms with Crippen molar-refractivity contribution in [3.8, 4) is 0 Å². The summed E-state index contributed by atoms with van der Waals surface area (Å²) in [6.07, 6.45) is -1.52. The third kappa shape index (κ3) is 6.68. The molecule has 1 aromatic rings. The normalized spacial score (nSPS) is 12.0. The Labute approximate surface area is 141 Å². The Bertz CT molecular complexity index is 607. The predicted molar refractivity (Wildman–Crippen MR) is 89.9 cm³/mol. The summed E-state index contributed by atoms with van der Waals surface area (Å²) in [5.41, 5.74) is -0.00745. The van der Waals surface area contributed by atoms with Crippen LogP contribution in [0, 0.1) is 0 Å². The molecule has 2 amide bonds. The number of carbonyl (C=O) groups is 3. The number of carbonyl (C=O) groups excluding carboxylic acids is 3. The van der Waals surface area contributed by atoms with Gasteiger partial charge in [0.25, 0.3) is 5.91 Å². The Hall–Kier alpha value is -2.57. The van der Waals surface area contributed by atoms with Crippen molar-refractivity contribution in [2.45, 2.75) is 46.3 Å². The van der Waals surface area contributed by atoms with Gasteiger partial charge in [-0.3, -0.25) is 10.1 Å². The minimum Gasteiger partial charge on any atom is -0.449 e. The number of esters is 1. The van der Waals surface area contributed by atoms with Crippen LogP contribution < -0.4 is 10.6 Å². The number of hydrogen-bond acceptors (Lipinski definition) is 5. The molecule has 2 N–H and O–H groups in total. The zero-order valence-corrected chi connectivity index (χ0v) is 14.6. The van der Waals surface area contributed by atoms with Gasteiger partial charge in [0.05, 0.1) is 5.56 Å². The summed E-state index contributed by atoms with van der Waals surface area (Å²) < 4.78 is 10.2. The lowest BCUT2D eigenvalue weighted by Gasteiger charge is -2.19. The second-order valence-electron chi connectivity index (χ2n) is 6.15. The van der Waals surface area contributed by atoms with E-state index >= 15 is 0 Å². The molecule has 0 aromatic heterocycles. The van der Waals surface area contributed by atoms with Gasteiger partial charge in [-0.25, -0.2) is 9.59 Å². The van der Waals surface area contributed by atoms with Gasteiger partial charge in [0, 0.05) is 12.2 Å². The SMILES string of the molecule is CCNC(=O)C(C)OC(=O)c1cccc(NC(=O)OC(C)(C)C)c1. The first-order valence-electron chi connectivity index (χ1n) is 7.71. The molecular weight excluding hydrogens is 312 g/mol. The number of likely N-dealkylation sites (N-methyl/N-ethyl adjacent to an activating group) is 1. The predicted octanol–water partition coefficient (Wildman–Crippen LogP) is 2.72. The first-order valence-corrected chi connectivity index (χ1v) is 7.71. The van der Waals surface area contributed by atoms with Crippen LogP contribution in [0.1, 0.15) is 45.0 Å². The van der Waals surface area contributed by atoms with Crippen LogP contribution in [0.4, 0.5) is 10.5 Å². The van der Waals surface area contributed by atoms with Crippen molar-refractivity contribution in [3.63, 3.8) is 0 Å². The van der Waals surface area contributed by atoms with Crippen molar-refractivity contribution in [1.82, 2.24) is 5.32 Å². The quantitative estimate of drug-likeness (QED) is 0.806. The molecule has 7 nitrogen and oxygen atoms in total. The fraction of sp³-hybridized carbons (Fsp3) is 0.471. The lowest BCUT2D eigenvalue weighted by molar-refractivity contribution is -0.128. The first-order chi connectivity index (χ1) is 11.1. The topological polar surface area (TPSA) is 93.7 Å². The highest BCUT2D eigenvalue weighted by Crippen LogP contribution is 2.15. The zero-order chi connectivity index (χ0) is 18.3. The summed E-state index contributed by atoms with van der Waals surface area (Å²) in [7, 11) is 0. The number of amides is 2. The Morgan fingerprint density at radius 1 is 1.21 bits per heavy atom. The minimum atomic E-state index is -0.903. The maximum absolute atomic E-state index is 12.1. The summed E-state index contributed by atoms with van der Waals surface area (Å²) in [6, 6.07) is 6.21. The van der Waals surface area contributed by atoms with Crippen LogP contribution in [-0.2, 0) is 14.3 Å². The van der Waals surface area contributed by atoms with Crippen molar-refractivity contribution < 1.29 is 23.9 Å². The molecule has 1 unspecified atom stereocenters. The molecule has 7 heteroatoms. The van der Waals surface area contributed by atoms with Gasteiger partial charge in [-0.2, -0.15) is 0 Å². The Morgan fingerprint density at radius 2 is 1.88 bits per heavy atom. The highest BCUT2D eigenvalue weighted by molar-refractivity contribution is 5.94. The van der Waals surface area contributed by atoms with Crippen molar-refractivity contribution in [2.75, 3.05) is 11.9 Å². The van der Waals surface area contributed by atoms with E-state index in [1.54, 1.807) is 39.8 Å². The van der Waals surface area contributed by atoms with Crippen LogP contribution in [0.15, 0.2) is 24.3 Å². The Balaban J connectivity index is 2.72. The zero-order valence-electron chi connectivity index (χ0n) is 14.6. The third-order valence-electron chi connectivity index (χ3n) is 2.75. The molecule has 0 aliphatic carbocycles. The van der Waals surface area contributed by atoms with Crippen molar-refractivity contribution in [1.29, 1.82) is 0 Å². The number of ether oxygens (including phenoxy) is 2. The number of hydrogen-bond donors (Lipinski definition) is 2. The van der Waals surface area contributed by atoms with E-state index in [0.717, 1.165) is 0 Å². The van der Waals surface area contributed by atoms with E-state index in [-0.39, 0.29) is 11.5 Å². The van der Waals surface area contributed by atoms with Crippen molar-refractivity contribution in [3.05, 3.63) is 29.8 Å². The summed E-state index contributed by atoms with van der Waals surface area (Å²) in [6.45, 7) is 8.98. The van der Waals surface area contributed by atoms with Crippen LogP contribution >= 0.6 is 0 Å². The van der Waals surface area contributed by atoms with E-state index in [1.165, 1.54) is 19.1 Å². The molecule has 0 heterocycles. The van der Waals surface area contributed by atoms with E-state index in [1.807, 2.05) is 0 Å². The second-order valence-corrected chi connectivity index (χ2v) is 6.15. The molecule has 132 valence electrons. The fourth-order valence-electron chi connectivity index (χ4n) is 1.75. The first kappa shape index (κ1) is 19.5. The number of benzene rings is 1. The number of anilines is 1. The van der Waals surface area contributed by atoms with Gasteiger partial charge < -0.3 is 14.8 Å². The Morgan fingerprint density at radius 3 is 2.46 bits per heavy atom. The smallest absolute Gasteiger partial charge is 0.412 e. The average molecular weight is 336 g/mol. The van der Waals surface area contributed by atoms with Gasteiger partial charge in [-0.1, -0.05) is 6.07 Å². The summed E-state index contributed by atoms with van der Waals surface area (Å²) in [4.78, 5) is 35.4. The highest BCUT2D eigenvalue weighted by Gasteiger charge is 2.19. The fourth-order valence-corrected chi connectivity index (χ4v) is 1.75. The highest BCUT2D eigenvalue weighted by atomic mass is 16.6. The molecule has 0 spiro atoms.